The molecule has 1 saturated carbocycles. The van der Waals surface area contributed by atoms with Crippen molar-refractivity contribution < 1.29 is 4.79 Å². The van der Waals surface area contributed by atoms with Crippen LogP contribution in [0.5, 0.6) is 0 Å². The molecular formula is C22H22ClN5O. The largest absolute Gasteiger partial charge is 0.364 e. The van der Waals surface area contributed by atoms with Crippen molar-refractivity contribution in [2.75, 3.05) is 23.3 Å². The predicted octanol–water partition coefficient (Wildman–Crippen LogP) is 4.35. The van der Waals surface area contributed by atoms with Crippen LogP contribution < -0.4 is 10.2 Å². The number of halogens is 1. The summed E-state index contributed by atoms with van der Waals surface area (Å²) >= 11 is 5.94. The number of anilines is 2. The Morgan fingerprint density at radius 1 is 1.00 bits per heavy atom. The van der Waals surface area contributed by atoms with E-state index >= 15 is 0 Å². The van der Waals surface area contributed by atoms with E-state index in [0.717, 1.165) is 54.2 Å². The number of nitrogens with one attached hydrogen (secondary N) is 1. The number of ketones is 1. The van der Waals surface area contributed by atoms with Gasteiger partial charge in [-0.25, -0.2) is 9.97 Å². The van der Waals surface area contributed by atoms with Gasteiger partial charge in [0.05, 0.1) is 11.7 Å². The number of hydrogen-bond donors (Lipinski definition) is 1. The van der Waals surface area contributed by atoms with Crippen LogP contribution in [0.4, 0.5) is 11.6 Å². The molecule has 0 unspecified atom stereocenters. The van der Waals surface area contributed by atoms with Crippen LogP contribution in [0.2, 0.25) is 5.02 Å². The third-order valence-electron chi connectivity index (χ3n) is 5.66. The number of benzene rings is 1. The predicted molar refractivity (Wildman–Crippen MR) is 115 cm³/mol. The third-order valence-corrected chi connectivity index (χ3v) is 5.91. The summed E-state index contributed by atoms with van der Waals surface area (Å²) in [6, 6.07) is 9.57. The highest BCUT2D eigenvalue weighted by Crippen LogP contribution is 2.33. The van der Waals surface area contributed by atoms with Gasteiger partial charge in [0.15, 0.2) is 17.4 Å². The molecule has 29 heavy (non-hydrogen) atoms. The normalized spacial score (nSPS) is 17.5. The summed E-state index contributed by atoms with van der Waals surface area (Å²) in [5.74, 6) is 1.94. The minimum absolute atomic E-state index is 0.0300. The van der Waals surface area contributed by atoms with Gasteiger partial charge in [-0.3, -0.25) is 9.78 Å². The molecule has 0 spiro atoms. The van der Waals surface area contributed by atoms with Crippen LogP contribution in [-0.2, 0) is 0 Å². The Hall–Kier alpha value is -2.73. The molecule has 5 rings (SSSR count). The first-order chi connectivity index (χ1) is 14.2. The van der Waals surface area contributed by atoms with Crippen LogP contribution >= 0.6 is 11.6 Å². The molecule has 7 heteroatoms. The number of piperidine rings is 1. The third kappa shape index (κ3) is 3.90. The first kappa shape index (κ1) is 18.3. The quantitative estimate of drug-likeness (QED) is 0.634. The second-order valence-electron chi connectivity index (χ2n) is 7.81. The Morgan fingerprint density at radius 2 is 1.76 bits per heavy atom. The molecule has 0 amide bonds. The number of nitrogens with zero attached hydrogens (tertiary/aromatic N) is 4. The second-order valence-corrected chi connectivity index (χ2v) is 8.25. The Morgan fingerprint density at radius 3 is 2.48 bits per heavy atom. The Balaban J connectivity index is 1.35. The van der Waals surface area contributed by atoms with Gasteiger partial charge in [0, 0.05) is 41.8 Å². The van der Waals surface area contributed by atoms with Crippen LogP contribution in [0, 0.1) is 5.92 Å². The summed E-state index contributed by atoms with van der Waals surface area (Å²) in [4.78, 5) is 28.9. The number of carbonyl (C=O) groups excluding carboxylic acids is 1. The maximum Gasteiger partial charge on any atom is 0.172 e. The lowest BCUT2D eigenvalue weighted by molar-refractivity contribution is 0.0900. The van der Waals surface area contributed by atoms with Gasteiger partial charge < -0.3 is 10.2 Å². The van der Waals surface area contributed by atoms with Crippen LogP contribution in [0.15, 0.2) is 42.7 Å². The molecule has 148 valence electrons. The average Bonchev–Trinajstić information content (AvgIpc) is 3.57. The zero-order chi connectivity index (χ0) is 19.8. The molecule has 1 aromatic carbocycles. The molecule has 3 heterocycles. The monoisotopic (exact) mass is 407 g/mol. The van der Waals surface area contributed by atoms with Crippen molar-refractivity contribution in [1.82, 2.24) is 15.0 Å². The molecule has 1 aliphatic heterocycles. The van der Waals surface area contributed by atoms with E-state index in [1.54, 1.807) is 24.5 Å². The van der Waals surface area contributed by atoms with Gasteiger partial charge in [0.2, 0.25) is 0 Å². The minimum atomic E-state index is 0.0300. The van der Waals surface area contributed by atoms with E-state index < -0.39 is 0 Å². The molecular weight excluding hydrogens is 386 g/mol. The molecule has 6 nitrogen and oxygen atoms in total. The van der Waals surface area contributed by atoms with Crippen molar-refractivity contribution in [2.45, 2.75) is 31.7 Å². The Labute approximate surface area is 174 Å². The fourth-order valence-electron chi connectivity index (χ4n) is 3.84. The number of aromatic nitrogens is 3. The highest BCUT2D eigenvalue weighted by Gasteiger charge is 2.29. The van der Waals surface area contributed by atoms with Crippen molar-refractivity contribution in [1.29, 1.82) is 0 Å². The van der Waals surface area contributed by atoms with E-state index in [4.69, 9.17) is 21.6 Å². The topological polar surface area (TPSA) is 71.0 Å². The SMILES string of the molecule is O=C(c1ccc(Cl)cc1)C1CCN(c2nc3cnccc3nc2NC2CC2)CC1. The maximum atomic E-state index is 12.8. The number of rotatable bonds is 5. The Bertz CT molecular complexity index is 1040. The van der Waals surface area contributed by atoms with Crippen molar-refractivity contribution in [3.05, 3.63) is 53.3 Å². The first-order valence-electron chi connectivity index (χ1n) is 10.1. The van der Waals surface area contributed by atoms with E-state index in [-0.39, 0.29) is 11.7 Å². The first-order valence-corrected chi connectivity index (χ1v) is 10.5. The van der Waals surface area contributed by atoms with Crippen LogP contribution in [0.25, 0.3) is 11.0 Å². The lowest BCUT2D eigenvalue weighted by Crippen LogP contribution is -2.37. The highest BCUT2D eigenvalue weighted by molar-refractivity contribution is 6.30. The zero-order valence-corrected chi connectivity index (χ0v) is 16.8. The fraction of sp³-hybridized carbons (Fsp3) is 0.364. The summed E-state index contributed by atoms with van der Waals surface area (Å²) in [5, 5.41) is 4.17. The van der Waals surface area contributed by atoms with E-state index in [9.17, 15) is 4.79 Å². The molecule has 0 bridgehead atoms. The molecule has 1 saturated heterocycles. The fourth-order valence-corrected chi connectivity index (χ4v) is 3.96. The molecule has 2 fully saturated rings. The van der Waals surface area contributed by atoms with Gasteiger partial charge in [0.1, 0.15) is 5.52 Å². The lowest BCUT2D eigenvalue weighted by Gasteiger charge is -2.33. The van der Waals surface area contributed by atoms with Crippen molar-refractivity contribution in [2.24, 2.45) is 5.92 Å². The van der Waals surface area contributed by atoms with Crippen molar-refractivity contribution in [3.63, 3.8) is 0 Å². The van der Waals surface area contributed by atoms with E-state index in [0.29, 0.717) is 11.1 Å². The van der Waals surface area contributed by atoms with Gasteiger partial charge in [-0.05, 0) is 56.0 Å². The molecule has 1 N–H and O–H groups in total. The summed E-state index contributed by atoms with van der Waals surface area (Å²) in [6.07, 6.45) is 7.45. The summed E-state index contributed by atoms with van der Waals surface area (Å²) in [7, 11) is 0. The van der Waals surface area contributed by atoms with E-state index in [1.165, 1.54) is 12.8 Å². The van der Waals surface area contributed by atoms with Crippen molar-refractivity contribution >= 4 is 40.1 Å². The number of pyridine rings is 1. The number of hydrogen-bond acceptors (Lipinski definition) is 6. The van der Waals surface area contributed by atoms with Crippen molar-refractivity contribution in [3.8, 4) is 0 Å². The average molecular weight is 408 g/mol. The molecule has 2 aromatic heterocycles. The van der Waals surface area contributed by atoms with Crippen LogP contribution in [-0.4, -0.2) is 39.9 Å². The highest BCUT2D eigenvalue weighted by atomic mass is 35.5. The molecule has 0 radical (unpaired) electrons. The van der Waals surface area contributed by atoms with Gasteiger partial charge in [-0.15, -0.1) is 0 Å². The summed E-state index contributed by atoms with van der Waals surface area (Å²) < 4.78 is 0. The molecule has 3 aromatic rings. The van der Waals surface area contributed by atoms with E-state index in [2.05, 4.69) is 15.2 Å². The zero-order valence-electron chi connectivity index (χ0n) is 16.0. The van der Waals surface area contributed by atoms with Gasteiger partial charge in [-0.2, -0.15) is 0 Å². The summed E-state index contributed by atoms with van der Waals surface area (Å²) in [6.45, 7) is 1.56. The Kier molecular flexibility index (Phi) is 4.79. The molecule has 0 atom stereocenters. The lowest BCUT2D eigenvalue weighted by atomic mass is 9.89. The van der Waals surface area contributed by atoms with Gasteiger partial charge in [0.25, 0.3) is 0 Å². The number of fused-ring (bicyclic) bond motifs is 1. The van der Waals surface area contributed by atoms with Crippen LogP contribution in [0.1, 0.15) is 36.0 Å². The number of carbonyl (C=O) groups is 1. The van der Waals surface area contributed by atoms with E-state index in [1.807, 2.05) is 18.2 Å². The summed E-state index contributed by atoms with van der Waals surface area (Å²) in [5.41, 5.74) is 2.38. The number of Topliss-reactive ketones (excluding diaryl/α,β-unsaturated/α-hetero) is 1. The minimum Gasteiger partial charge on any atom is -0.364 e. The molecule has 2 aliphatic rings. The maximum absolute atomic E-state index is 12.8. The molecule has 1 aliphatic carbocycles. The van der Waals surface area contributed by atoms with Gasteiger partial charge >= 0.3 is 0 Å². The van der Waals surface area contributed by atoms with Crippen LogP contribution in [0.3, 0.4) is 0 Å². The smallest absolute Gasteiger partial charge is 0.172 e. The van der Waals surface area contributed by atoms with Gasteiger partial charge in [-0.1, -0.05) is 11.6 Å². The second kappa shape index (κ2) is 7.59. The standard InChI is InChI=1S/C22H22ClN5O/c23-16-3-1-14(2-4-16)20(29)15-8-11-28(12-9-15)22-21(25-17-5-6-17)26-18-7-10-24-13-19(18)27-22/h1-4,7,10,13,15,17H,5-6,8-9,11-12H2,(H,25,26).